The number of aromatic carboxylic acids is 1. The van der Waals surface area contributed by atoms with Crippen LogP contribution in [0.15, 0.2) is 42.5 Å². The Morgan fingerprint density at radius 3 is 2.44 bits per heavy atom. The van der Waals surface area contributed by atoms with Gasteiger partial charge in [0, 0.05) is 10.6 Å². The maximum absolute atomic E-state index is 11.3. The number of aryl methyl sites for hydroxylation is 1. The molecule has 1 aromatic heterocycles. The average Bonchev–Trinajstić information content (AvgIpc) is 2.98. The van der Waals surface area contributed by atoms with Crippen LogP contribution in [0.1, 0.15) is 21.6 Å². The minimum atomic E-state index is -1.10. The van der Waals surface area contributed by atoms with Crippen molar-refractivity contribution in [2.24, 2.45) is 0 Å². The monoisotopic (exact) mass is 394 g/mol. The van der Waals surface area contributed by atoms with E-state index in [1.165, 1.54) is 6.07 Å². The van der Waals surface area contributed by atoms with E-state index in [2.05, 4.69) is 5.10 Å². The normalized spacial score (nSPS) is 10.9. The number of hydrogen-bond donors (Lipinski definition) is 1. The van der Waals surface area contributed by atoms with Crippen molar-refractivity contribution < 1.29 is 9.90 Å². The van der Waals surface area contributed by atoms with Crippen molar-refractivity contribution in [3.8, 4) is 11.3 Å². The van der Waals surface area contributed by atoms with Crippen LogP contribution >= 0.6 is 34.8 Å². The number of carboxylic acids is 1. The van der Waals surface area contributed by atoms with Crippen LogP contribution in [0, 0.1) is 6.92 Å². The zero-order valence-corrected chi connectivity index (χ0v) is 15.4. The number of carbonyl (C=O) groups is 1. The highest BCUT2D eigenvalue weighted by atomic mass is 35.5. The van der Waals surface area contributed by atoms with E-state index in [-0.39, 0.29) is 5.69 Å². The van der Waals surface area contributed by atoms with Crippen molar-refractivity contribution in [1.82, 2.24) is 9.78 Å². The smallest absolute Gasteiger partial charge is 0.356 e. The molecular weight excluding hydrogens is 383 g/mol. The number of nitrogens with zero attached hydrogens (tertiary/aromatic N) is 2. The molecule has 2 aromatic carbocycles. The predicted octanol–water partition coefficient (Wildman–Crippen LogP) is 5.57. The Balaban J connectivity index is 2.06. The minimum absolute atomic E-state index is 0.0423. The van der Waals surface area contributed by atoms with Gasteiger partial charge in [-0.2, -0.15) is 5.10 Å². The zero-order valence-electron chi connectivity index (χ0n) is 13.1. The second-order valence-electron chi connectivity index (χ2n) is 5.59. The first-order valence-corrected chi connectivity index (χ1v) is 8.50. The summed E-state index contributed by atoms with van der Waals surface area (Å²) in [6, 6.07) is 12.3. The zero-order chi connectivity index (χ0) is 18.1. The van der Waals surface area contributed by atoms with Gasteiger partial charge in [0.25, 0.3) is 0 Å². The summed E-state index contributed by atoms with van der Waals surface area (Å²) in [7, 11) is 0. The summed E-state index contributed by atoms with van der Waals surface area (Å²) >= 11 is 18.2. The average molecular weight is 396 g/mol. The van der Waals surface area contributed by atoms with Gasteiger partial charge in [-0.1, -0.05) is 53.0 Å². The first kappa shape index (κ1) is 17.8. The summed E-state index contributed by atoms with van der Waals surface area (Å²) in [6.07, 6.45) is 0. The quantitative estimate of drug-likeness (QED) is 0.628. The summed E-state index contributed by atoms with van der Waals surface area (Å²) in [5.74, 6) is -1.10. The van der Waals surface area contributed by atoms with Crippen LogP contribution < -0.4 is 0 Å². The molecule has 0 aliphatic heterocycles. The molecule has 0 saturated carbocycles. The van der Waals surface area contributed by atoms with Crippen LogP contribution in [0.2, 0.25) is 15.1 Å². The lowest BCUT2D eigenvalue weighted by Crippen LogP contribution is -2.06. The first-order chi connectivity index (χ1) is 11.8. The van der Waals surface area contributed by atoms with Gasteiger partial charge in [-0.3, -0.25) is 4.68 Å². The summed E-state index contributed by atoms with van der Waals surface area (Å²) < 4.78 is 1.62. The van der Waals surface area contributed by atoms with Gasteiger partial charge < -0.3 is 5.11 Å². The van der Waals surface area contributed by atoms with Gasteiger partial charge in [0.2, 0.25) is 0 Å². The van der Waals surface area contributed by atoms with Crippen LogP contribution in [0.4, 0.5) is 0 Å². The van der Waals surface area contributed by atoms with E-state index in [1.54, 1.807) is 22.9 Å². The molecule has 0 amide bonds. The molecule has 0 atom stereocenters. The lowest BCUT2D eigenvalue weighted by Gasteiger charge is -2.09. The predicted molar refractivity (Wildman–Crippen MR) is 99.9 cm³/mol. The molecule has 0 unspecified atom stereocenters. The third kappa shape index (κ3) is 3.82. The first-order valence-electron chi connectivity index (χ1n) is 7.37. The Kier molecular flexibility index (Phi) is 5.04. The SMILES string of the molecule is Cc1ccc(Cn2nc(C(=O)O)cc2-c2ccc(Cl)c(Cl)c2)cc1Cl. The number of carboxylic acid groups (broad SMARTS) is 1. The van der Waals surface area contributed by atoms with Crippen LogP contribution in [-0.2, 0) is 6.54 Å². The molecule has 4 nitrogen and oxygen atoms in total. The molecule has 0 aliphatic rings. The summed E-state index contributed by atoms with van der Waals surface area (Å²) in [6.45, 7) is 2.30. The molecule has 7 heteroatoms. The molecule has 3 aromatic rings. The maximum Gasteiger partial charge on any atom is 0.356 e. The summed E-state index contributed by atoms with van der Waals surface area (Å²) in [5.41, 5.74) is 3.21. The van der Waals surface area contributed by atoms with Crippen molar-refractivity contribution in [2.75, 3.05) is 0 Å². The Hall–Kier alpha value is -2.01. The molecule has 0 spiro atoms. The van der Waals surface area contributed by atoms with Crippen molar-refractivity contribution in [3.05, 3.63) is 74.4 Å². The molecule has 0 radical (unpaired) electrons. The van der Waals surface area contributed by atoms with Gasteiger partial charge in [0.1, 0.15) is 0 Å². The molecule has 0 aliphatic carbocycles. The van der Waals surface area contributed by atoms with Crippen molar-refractivity contribution >= 4 is 40.8 Å². The molecule has 1 N–H and O–H groups in total. The van der Waals surface area contributed by atoms with Gasteiger partial charge in [0.15, 0.2) is 5.69 Å². The number of rotatable bonds is 4. The summed E-state index contributed by atoms with van der Waals surface area (Å²) in [4.78, 5) is 11.3. The van der Waals surface area contributed by atoms with Crippen LogP contribution in [0.3, 0.4) is 0 Å². The van der Waals surface area contributed by atoms with E-state index >= 15 is 0 Å². The fourth-order valence-electron chi connectivity index (χ4n) is 2.44. The van der Waals surface area contributed by atoms with Gasteiger partial charge in [-0.05, 0) is 42.3 Å². The molecule has 25 heavy (non-hydrogen) atoms. The highest BCUT2D eigenvalue weighted by molar-refractivity contribution is 6.42. The fraction of sp³-hybridized carbons (Fsp3) is 0.111. The topological polar surface area (TPSA) is 55.1 Å². The molecule has 0 fully saturated rings. The van der Waals surface area contributed by atoms with Crippen LogP contribution in [0.5, 0.6) is 0 Å². The van der Waals surface area contributed by atoms with Crippen LogP contribution in [0.25, 0.3) is 11.3 Å². The number of hydrogen-bond acceptors (Lipinski definition) is 2. The Morgan fingerprint density at radius 2 is 1.80 bits per heavy atom. The molecule has 3 rings (SSSR count). The highest BCUT2D eigenvalue weighted by Crippen LogP contribution is 2.29. The van der Waals surface area contributed by atoms with Crippen molar-refractivity contribution in [3.63, 3.8) is 0 Å². The number of benzene rings is 2. The maximum atomic E-state index is 11.3. The minimum Gasteiger partial charge on any atom is -0.476 e. The number of halogens is 3. The summed E-state index contributed by atoms with van der Waals surface area (Å²) in [5, 5.41) is 14.9. The van der Waals surface area contributed by atoms with Gasteiger partial charge in [0.05, 0.1) is 22.3 Å². The lowest BCUT2D eigenvalue weighted by molar-refractivity contribution is 0.0689. The van der Waals surface area contributed by atoms with Gasteiger partial charge in [-0.25, -0.2) is 4.79 Å². The lowest BCUT2D eigenvalue weighted by atomic mass is 10.1. The molecule has 0 saturated heterocycles. The Labute approximate surface area is 159 Å². The number of aromatic nitrogens is 2. The highest BCUT2D eigenvalue weighted by Gasteiger charge is 2.16. The third-order valence-corrected chi connectivity index (χ3v) is 4.93. The van der Waals surface area contributed by atoms with Crippen molar-refractivity contribution in [2.45, 2.75) is 13.5 Å². The Bertz CT molecular complexity index is 967. The van der Waals surface area contributed by atoms with Gasteiger partial charge in [-0.15, -0.1) is 0 Å². The fourth-order valence-corrected chi connectivity index (χ4v) is 2.94. The molecule has 0 bridgehead atoms. The third-order valence-electron chi connectivity index (χ3n) is 3.78. The molecule has 128 valence electrons. The van der Waals surface area contributed by atoms with E-state index < -0.39 is 5.97 Å². The standard InChI is InChI=1S/C18H13Cl3N2O2/c1-10-2-3-11(6-14(10)20)9-23-17(8-16(22-23)18(24)25)12-4-5-13(19)15(21)7-12/h2-8H,9H2,1H3,(H,24,25). The van der Waals surface area contributed by atoms with E-state index in [0.717, 1.165) is 16.7 Å². The molecule has 1 heterocycles. The second-order valence-corrected chi connectivity index (χ2v) is 6.81. The van der Waals surface area contributed by atoms with E-state index in [4.69, 9.17) is 34.8 Å². The second kappa shape index (κ2) is 7.08. The van der Waals surface area contributed by atoms with E-state index in [0.29, 0.717) is 27.3 Å². The van der Waals surface area contributed by atoms with Crippen molar-refractivity contribution in [1.29, 1.82) is 0 Å². The molecular formula is C18H13Cl3N2O2. The van der Waals surface area contributed by atoms with Gasteiger partial charge >= 0.3 is 5.97 Å². The van der Waals surface area contributed by atoms with E-state index in [1.807, 2.05) is 25.1 Å². The van der Waals surface area contributed by atoms with Crippen LogP contribution in [-0.4, -0.2) is 20.9 Å². The van der Waals surface area contributed by atoms with E-state index in [9.17, 15) is 9.90 Å². The largest absolute Gasteiger partial charge is 0.476 e. The Morgan fingerprint density at radius 1 is 1.04 bits per heavy atom.